The Labute approximate surface area is 188 Å². The van der Waals surface area contributed by atoms with Gasteiger partial charge in [0.2, 0.25) is 0 Å². The number of anilines is 2. The predicted octanol–water partition coefficient (Wildman–Crippen LogP) is 5.19. The monoisotopic (exact) mass is 446 g/mol. The summed E-state index contributed by atoms with van der Waals surface area (Å²) >= 11 is 0. The van der Waals surface area contributed by atoms with Crippen molar-refractivity contribution in [2.24, 2.45) is 5.41 Å². The standard InChI is InChI=1S/C26H26N2O3S/c1-17-25(2,3)21-12-19(24(29)13-26(4)15-32(30,31)16-26)9-10-23(21)28(17)20-11-18-7-5-6-8-22(18)27-14-20/h5-12,14H,1,13,15-16H2,2-4H3. The van der Waals surface area contributed by atoms with E-state index in [1.807, 2.05) is 55.6 Å². The van der Waals surface area contributed by atoms with Crippen molar-refractivity contribution >= 4 is 37.9 Å². The maximum atomic E-state index is 13.0. The Morgan fingerprint density at radius 2 is 1.81 bits per heavy atom. The van der Waals surface area contributed by atoms with Crippen molar-refractivity contribution in [1.82, 2.24) is 4.98 Å². The van der Waals surface area contributed by atoms with E-state index in [-0.39, 0.29) is 29.1 Å². The Morgan fingerprint density at radius 1 is 1.09 bits per heavy atom. The fourth-order valence-corrected chi connectivity index (χ4v) is 7.32. The molecule has 0 atom stereocenters. The second-order valence-electron chi connectivity index (χ2n) is 9.97. The van der Waals surface area contributed by atoms with Gasteiger partial charge in [-0.2, -0.15) is 0 Å². The Balaban J connectivity index is 1.51. The topological polar surface area (TPSA) is 67.3 Å². The van der Waals surface area contributed by atoms with Crippen LogP contribution in [-0.2, 0) is 15.3 Å². The first kappa shape index (κ1) is 20.9. The molecule has 5 nitrogen and oxygen atoms in total. The van der Waals surface area contributed by atoms with Gasteiger partial charge in [0.1, 0.15) is 0 Å². The van der Waals surface area contributed by atoms with E-state index in [9.17, 15) is 13.2 Å². The second-order valence-corrected chi connectivity index (χ2v) is 12.0. The number of hydrogen-bond acceptors (Lipinski definition) is 5. The summed E-state index contributed by atoms with van der Waals surface area (Å²) in [5.41, 5.74) is 4.62. The van der Waals surface area contributed by atoms with Gasteiger partial charge in [-0.3, -0.25) is 9.78 Å². The predicted molar refractivity (Wildman–Crippen MR) is 128 cm³/mol. The largest absolute Gasteiger partial charge is 0.312 e. The number of ketones is 1. The Bertz CT molecular complexity index is 1390. The molecular formula is C26H26N2O3S. The Morgan fingerprint density at radius 3 is 2.53 bits per heavy atom. The van der Waals surface area contributed by atoms with Crippen molar-refractivity contribution in [3.8, 4) is 0 Å². The third-order valence-corrected chi connectivity index (χ3v) is 9.06. The van der Waals surface area contributed by atoms with E-state index < -0.39 is 15.3 Å². The lowest BCUT2D eigenvalue weighted by Crippen LogP contribution is -2.47. The zero-order chi connectivity index (χ0) is 22.9. The fourth-order valence-electron chi connectivity index (χ4n) is 5.07. The molecule has 0 aliphatic carbocycles. The number of benzene rings is 2. The number of rotatable bonds is 4. The highest BCUT2D eigenvalue weighted by Gasteiger charge is 2.46. The molecular weight excluding hydrogens is 420 g/mol. The lowest BCUT2D eigenvalue weighted by molar-refractivity contribution is 0.0936. The smallest absolute Gasteiger partial charge is 0.163 e. The molecule has 0 N–H and O–H groups in total. The van der Waals surface area contributed by atoms with Crippen LogP contribution in [0.3, 0.4) is 0 Å². The van der Waals surface area contributed by atoms with Gasteiger partial charge in [0.25, 0.3) is 0 Å². The summed E-state index contributed by atoms with van der Waals surface area (Å²) < 4.78 is 23.2. The van der Waals surface area contributed by atoms with Crippen LogP contribution in [0.2, 0.25) is 0 Å². The molecule has 2 aliphatic heterocycles. The number of Topliss-reactive ketones (excluding diaryl/α,β-unsaturated/α-hetero) is 1. The van der Waals surface area contributed by atoms with Crippen LogP contribution in [-0.4, -0.2) is 30.7 Å². The van der Waals surface area contributed by atoms with Crippen LogP contribution in [0.5, 0.6) is 0 Å². The number of sulfone groups is 1. The quantitative estimate of drug-likeness (QED) is 0.516. The third-order valence-electron chi connectivity index (χ3n) is 6.78. The molecule has 6 heteroatoms. The van der Waals surface area contributed by atoms with E-state index in [4.69, 9.17) is 0 Å². The van der Waals surface area contributed by atoms with Gasteiger partial charge >= 0.3 is 0 Å². The molecule has 3 heterocycles. The molecule has 1 saturated heterocycles. The van der Waals surface area contributed by atoms with E-state index in [0.29, 0.717) is 5.56 Å². The number of carbonyl (C=O) groups is 1. The summed E-state index contributed by atoms with van der Waals surface area (Å²) in [6.07, 6.45) is 2.10. The van der Waals surface area contributed by atoms with Gasteiger partial charge in [0.05, 0.1) is 34.6 Å². The minimum Gasteiger partial charge on any atom is -0.312 e. The summed E-state index contributed by atoms with van der Waals surface area (Å²) in [6, 6.07) is 15.9. The minimum absolute atomic E-state index is 0.0163. The Hall–Kier alpha value is -2.99. The van der Waals surface area contributed by atoms with Gasteiger partial charge in [-0.1, -0.05) is 45.5 Å². The molecule has 32 heavy (non-hydrogen) atoms. The molecule has 1 aromatic heterocycles. The zero-order valence-corrected chi connectivity index (χ0v) is 19.4. The SMILES string of the molecule is C=C1N(c2cnc3ccccc3c2)c2ccc(C(=O)CC3(C)CS(=O)(=O)C3)cc2C1(C)C. The maximum absolute atomic E-state index is 13.0. The lowest BCUT2D eigenvalue weighted by atomic mass is 9.82. The van der Waals surface area contributed by atoms with Crippen molar-refractivity contribution in [2.45, 2.75) is 32.6 Å². The molecule has 0 unspecified atom stereocenters. The summed E-state index contributed by atoms with van der Waals surface area (Å²) in [5, 5.41) is 1.06. The first-order chi connectivity index (χ1) is 15.0. The van der Waals surface area contributed by atoms with Crippen LogP contribution in [0, 0.1) is 5.41 Å². The molecule has 3 aromatic rings. The minimum atomic E-state index is -2.98. The van der Waals surface area contributed by atoms with Crippen molar-refractivity contribution in [1.29, 1.82) is 0 Å². The van der Waals surface area contributed by atoms with Crippen molar-refractivity contribution in [3.05, 3.63) is 78.1 Å². The second kappa shape index (κ2) is 6.75. The van der Waals surface area contributed by atoms with E-state index in [0.717, 1.165) is 33.5 Å². The molecule has 0 saturated carbocycles. The summed E-state index contributed by atoms with van der Waals surface area (Å²) in [4.78, 5) is 19.7. The Kier molecular flexibility index (Phi) is 4.41. The number of fused-ring (bicyclic) bond motifs is 2. The molecule has 5 rings (SSSR count). The van der Waals surface area contributed by atoms with Gasteiger partial charge in [-0.25, -0.2) is 8.42 Å². The van der Waals surface area contributed by atoms with Crippen LogP contribution < -0.4 is 4.90 Å². The van der Waals surface area contributed by atoms with Crippen LogP contribution in [0.15, 0.2) is 67.0 Å². The van der Waals surface area contributed by atoms with E-state index in [1.165, 1.54) is 0 Å². The number of hydrogen-bond donors (Lipinski definition) is 0. The average Bonchev–Trinajstić information content (AvgIpc) is 2.91. The molecule has 1 fully saturated rings. The fraction of sp³-hybridized carbons (Fsp3) is 0.308. The summed E-state index contributed by atoms with van der Waals surface area (Å²) in [5.74, 6) is 0.154. The summed E-state index contributed by atoms with van der Waals surface area (Å²) in [7, 11) is -2.98. The molecule has 164 valence electrons. The normalized spacial score (nSPS) is 20.1. The number of nitrogens with zero attached hydrogens (tertiary/aromatic N) is 2. The average molecular weight is 447 g/mol. The van der Waals surface area contributed by atoms with Crippen LogP contribution >= 0.6 is 0 Å². The highest BCUT2D eigenvalue weighted by atomic mass is 32.2. The van der Waals surface area contributed by atoms with Gasteiger partial charge in [0.15, 0.2) is 15.6 Å². The van der Waals surface area contributed by atoms with Crippen molar-refractivity contribution < 1.29 is 13.2 Å². The number of aromatic nitrogens is 1. The molecule has 2 aromatic carbocycles. The number of para-hydroxylation sites is 1. The van der Waals surface area contributed by atoms with Gasteiger partial charge in [-0.15, -0.1) is 0 Å². The van der Waals surface area contributed by atoms with Crippen molar-refractivity contribution in [2.75, 3.05) is 16.4 Å². The first-order valence-corrected chi connectivity index (χ1v) is 12.5. The van der Waals surface area contributed by atoms with Crippen LogP contribution in [0.1, 0.15) is 43.1 Å². The van der Waals surface area contributed by atoms with E-state index in [1.54, 1.807) is 0 Å². The number of pyridine rings is 1. The van der Waals surface area contributed by atoms with Gasteiger partial charge < -0.3 is 4.90 Å². The third kappa shape index (κ3) is 3.25. The van der Waals surface area contributed by atoms with Crippen molar-refractivity contribution in [3.63, 3.8) is 0 Å². The highest BCUT2D eigenvalue weighted by Crippen LogP contribution is 2.51. The molecule has 2 aliphatic rings. The zero-order valence-electron chi connectivity index (χ0n) is 18.6. The number of allylic oxidation sites excluding steroid dienone is 1. The van der Waals surface area contributed by atoms with E-state index >= 15 is 0 Å². The lowest BCUT2D eigenvalue weighted by Gasteiger charge is -2.37. The molecule has 0 spiro atoms. The van der Waals surface area contributed by atoms with Crippen LogP contribution in [0.25, 0.3) is 10.9 Å². The van der Waals surface area contributed by atoms with E-state index in [2.05, 4.69) is 36.4 Å². The molecule has 0 amide bonds. The first-order valence-electron chi connectivity index (χ1n) is 10.7. The maximum Gasteiger partial charge on any atom is 0.163 e. The molecule has 0 bridgehead atoms. The van der Waals surface area contributed by atoms with Gasteiger partial charge in [0, 0.05) is 33.9 Å². The summed E-state index contributed by atoms with van der Waals surface area (Å²) in [6.45, 7) is 10.5. The van der Waals surface area contributed by atoms with Gasteiger partial charge in [-0.05, 0) is 35.9 Å². The van der Waals surface area contributed by atoms with Crippen LogP contribution in [0.4, 0.5) is 11.4 Å². The number of carbonyl (C=O) groups excluding carboxylic acids is 1. The highest BCUT2D eigenvalue weighted by molar-refractivity contribution is 7.92. The molecule has 0 radical (unpaired) electrons.